The van der Waals surface area contributed by atoms with E-state index in [1.165, 1.54) is 7.11 Å². The van der Waals surface area contributed by atoms with Gasteiger partial charge in [0.1, 0.15) is 11.4 Å². The van der Waals surface area contributed by atoms with Crippen LogP contribution < -0.4 is 5.32 Å². The van der Waals surface area contributed by atoms with Crippen LogP contribution in [0.1, 0.15) is 0 Å². The van der Waals surface area contributed by atoms with Gasteiger partial charge in [0, 0.05) is 26.4 Å². The second kappa shape index (κ2) is 6.12. The second-order valence-electron chi connectivity index (χ2n) is 3.25. The number of nitrogens with one attached hydrogen (secondary N) is 2. The van der Waals surface area contributed by atoms with Crippen molar-refractivity contribution in [2.45, 2.75) is 0 Å². The van der Waals surface area contributed by atoms with Gasteiger partial charge in [-0.2, -0.15) is 0 Å². The Hall–Kier alpha value is -1.56. The molecule has 0 bridgehead atoms. The molecule has 0 aromatic carbocycles. The molecule has 1 aliphatic rings. The number of hydrogen-bond acceptors (Lipinski definition) is 6. The lowest BCUT2D eigenvalue weighted by Gasteiger charge is -2.31. The first kappa shape index (κ1) is 12.5. The fraction of sp³-hybridized carbons (Fsp3) is 0.600. The largest absolute Gasteiger partial charge is 0.465 e. The number of hydrogen-bond donors (Lipinski definition) is 2. The molecule has 6 nitrogen and oxygen atoms in total. The van der Waals surface area contributed by atoms with Crippen molar-refractivity contribution in [1.82, 2.24) is 10.2 Å². The normalized spacial score (nSPS) is 17.5. The van der Waals surface area contributed by atoms with Crippen molar-refractivity contribution in [2.75, 3.05) is 40.5 Å². The van der Waals surface area contributed by atoms with E-state index in [1.54, 1.807) is 7.05 Å². The smallest absolute Gasteiger partial charge is 0.343 e. The molecule has 0 aliphatic carbocycles. The SMILES string of the molecule is CN/C(=C(\C=N)C(=O)OC)N1CCOCC1. The van der Waals surface area contributed by atoms with Crippen LogP contribution in [0, 0.1) is 5.41 Å². The van der Waals surface area contributed by atoms with Gasteiger partial charge in [-0.05, 0) is 0 Å². The van der Waals surface area contributed by atoms with E-state index >= 15 is 0 Å². The van der Waals surface area contributed by atoms with E-state index in [9.17, 15) is 4.79 Å². The van der Waals surface area contributed by atoms with E-state index in [4.69, 9.17) is 10.1 Å². The molecule has 0 spiro atoms. The number of carbonyl (C=O) groups excluding carboxylic acids is 1. The standard InChI is InChI=1S/C10H17N3O3/c1-12-9(8(7-11)10(14)15-2)13-3-5-16-6-4-13/h7,11-12H,3-6H2,1-2H3/b9-8-,11-7?. The highest BCUT2D eigenvalue weighted by Crippen LogP contribution is 2.09. The minimum absolute atomic E-state index is 0.229. The molecule has 1 saturated heterocycles. The van der Waals surface area contributed by atoms with Gasteiger partial charge in [-0.1, -0.05) is 0 Å². The Balaban J connectivity index is 2.94. The molecule has 0 aromatic heterocycles. The van der Waals surface area contributed by atoms with E-state index in [2.05, 4.69) is 10.1 Å². The Labute approximate surface area is 94.7 Å². The van der Waals surface area contributed by atoms with Crippen LogP contribution in [-0.2, 0) is 14.3 Å². The van der Waals surface area contributed by atoms with Gasteiger partial charge < -0.3 is 25.1 Å². The summed E-state index contributed by atoms with van der Waals surface area (Å²) in [4.78, 5) is 13.4. The van der Waals surface area contributed by atoms with Crippen molar-refractivity contribution in [1.29, 1.82) is 5.41 Å². The molecule has 0 unspecified atom stereocenters. The Kier molecular flexibility index (Phi) is 4.78. The van der Waals surface area contributed by atoms with Crippen LogP contribution in [0.15, 0.2) is 11.4 Å². The quantitative estimate of drug-likeness (QED) is 0.387. The fourth-order valence-electron chi connectivity index (χ4n) is 1.58. The summed E-state index contributed by atoms with van der Waals surface area (Å²) < 4.78 is 9.86. The molecule has 0 radical (unpaired) electrons. The third-order valence-electron chi connectivity index (χ3n) is 2.37. The first-order valence-electron chi connectivity index (χ1n) is 5.08. The fourth-order valence-corrected chi connectivity index (χ4v) is 1.58. The number of rotatable bonds is 4. The number of esters is 1. The van der Waals surface area contributed by atoms with Gasteiger partial charge in [-0.3, -0.25) is 0 Å². The predicted molar refractivity (Wildman–Crippen MR) is 59.3 cm³/mol. The van der Waals surface area contributed by atoms with Crippen molar-refractivity contribution < 1.29 is 14.3 Å². The minimum Gasteiger partial charge on any atom is -0.465 e. The molecule has 0 saturated carbocycles. The molecule has 1 heterocycles. The van der Waals surface area contributed by atoms with Crippen molar-refractivity contribution in [3.8, 4) is 0 Å². The third kappa shape index (κ3) is 2.73. The van der Waals surface area contributed by atoms with Crippen LogP contribution in [-0.4, -0.2) is 57.5 Å². The zero-order chi connectivity index (χ0) is 12.0. The van der Waals surface area contributed by atoms with E-state index in [1.807, 2.05) is 4.90 Å². The van der Waals surface area contributed by atoms with Gasteiger partial charge in [-0.25, -0.2) is 4.79 Å². The summed E-state index contributed by atoms with van der Waals surface area (Å²) in [7, 11) is 3.02. The number of carbonyl (C=O) groups is 1. The summed E-state index contributed by atoms with van der Waals surface area (Å²) in [6.07, 6.45) is 1.01. The molecule has 90 valence electrons. The Morgan fingerprint density at radius 3 is 2.56 bits per heavy atom. The van der Waals surface area contributed by atoms with Gasteiger partial charge in [0.05, 0.1) is 20.3 Å². The minimum atomic E-state index is -0.508. The molecule has 2 N–H and O–H groups in total. The number of morpholine rings is 1. The van der Waals surface area contributed by atoms with Crippen molar-refractivity contribution in [2.24, 2.45) is 0 Å². The summed E-state index contributed by atoms with van der Waals surface area (Å²) in [5.74, 6) is 0.107. The maximum atomic E-state index is 11.5. The van der Waals surface area contributed by atoms with Crippen LogP contribution >= 0.6 is 0 Å². The van der Waals surface area contributed by atoms with Crippen molar-refractivity contribution in [3.05, 3.63) is 11.4 Å². The molecule has 6 heteroatoms. The summed E-state index contributed by atoms with van der Waals surface area (Å²) in [6.45, 7) is 2.64. The average Bonchev–Trinajstić information content (AvgIpc) is 2.36. The lowest BCUT2D eigenvalue weighted by molar-refractivity contribution is -0.135. The Morgan fingerprint density at radius 2 is 2.12 bits per heavy atom. The molecule has 1 fully saturated rings. The molecule has 0 aromatic rings. The van der Waals surface area contributed by atoms with Crippen molar-refractivity contribution >= 4 is 12.2 Å². The summed E-state index contributed by atoms with van der Waals surface area (Å²) in [6, 6.07) is 0. The van der Waals surface area contributed by atoms with Gasteiger partial charge in [-0.15, -0.1) is 0 Å². The molecule has 1 aliphatic heterocycles. The summed E-state index contributed by atoms with van der Waals surface area (Å²) in [5.41, 5.74) is 0.229. The monoisotopic (exact) mass is 227 g/mol. The number of ether oxygens (including phenoxy) is 2. The molecular weight excluding hydrogens is 210 g/mol. The highest BCUT2D eigenvalue weighted by molar-refractivity contribution is 6.09. The molecular formula is C10H17N3O3. The summed E-state index contributed by atoms with van der Waals surface area (Å²) >= 11 is 0. The first-order valence-corrected chi connectivity index (χ1v) is 5.08. The highest BCUT2D eigenvalue weighted by Gasteiger charge is 2.20. The first-order chi connectivity index (χ1) is 7.74. The zero-order valence-corrected chi connectivity index (χ0v) is 9.58. The van der Waals surface area contributed by atoms with Crippen LogP contribution in [0.3, 0.4) is 0 Å². The van der Waals surface area contributed by atoms with Crippen LogP contribution in [0.25, 0.3) is 0 Å². The van der Waals surface area contributed by atoms with Gasteiger partial charge >= 0.3 is 5.97 Å². The van der Waals surface area contributed by atoms with E-state index in [0.717, 1.165) is 6.21 Å². The van der Waals surface area contributed by atoms with Crippen LogP contribution in [0.2, 0.25) is 0 Å². The predicted octanol–water partition coefficient (Wildman–Crippen LogP) is -0.428. The Bertz CT molecular complexity index is 296. The topological polar surface area (TPSA) is 74.7 Å². The summed E-state index contributed by atoms with van der Waals surface area (Å²) in [5, 5.41) is 10.2. The van der Waals surface area contributed by atoms with Crippen LogP contribution in [0.4, 0.5) is 0 Å². The molecule has 0 atom stereocenters. The lowest BCUT2D eigenvalue weighted by atomic mass is 10.2. The van der Waals surface area contributed by atoms with Gasteiger partial charge in [0.15, 0.2) is 0 Å². The maximum absolute atomic E-state index is 11.5. The molecule has 1 rings (SSSR count). The second-order valence-corrected chi connectivity index (χ2v) is 3.25. The molecule has 0 amide bonds. The van der Waals surface area contributed by atoms with E-state index < -0.39 is 5.97 Å². The van der Waals surface area contributed by atoms with Crippen molar-refractivity contribution in [3.63, 3.8) is 0 Å². The van der Waals surface area contributed by atoms with E-state index in [-0.39, 0.29) is 5.57 Å². The van der Waals surface area contributed by atoms with Gasteiger partial charge in [0.25, 0.3) is 0 Å². The van der Waals surface area contributed by atoms with Gasteiger partial charge in [0.2, 0.25) is 0 Å². The maximum Gasteiger partial charge on any atom is 0.343 e. The lowest BCUT2D eigenvalue weighted by Crippen LogP contribution is -2.41. The zero-order valence-electron chi connectivity index (χ0n) is 9.58. The van der Waals surface area contributed by atoms with Crippen LogP contribution in [0.5, 0.6) is 0 Å². The van der Waals surface area contributed by atoms with E-state index in [0.29, 0.717) is 32.1 Å². The average molecular weight is 227 g/mol. The number of methoxy groups -OCH3 is 1. The highest BCUT2D eigenvalue weighted by atomic mass is 16.5. The third-order valence-corrected chi connectivity index (χ3v) is 2.37. The number of nitrogens with zero attached hydrogens (tertiary/aromatic N) is 1. The molecule has 16 heavy (non-hydrogen) atoms. The Morgan fingerprint density at radius 1 is 1.50 bits per heavy atom.